The maximum absolute atomic E-state index is 5.80. The van der Waals surface area contributed by atoms with Crippen molar-refractivity contribution in [2.45, 2.75) is 64.7 Å². The van der Waals surface area contributed by atoms with Crippen LogP contribution in [0.4, 0.5) is 0 Å². The first kappa shape index (κ1) is 16.8. The van der Waals surface area contributed by atoms with Crippen LogP contribution in [0.25, 0.3) is 0 Å². The van der Waals surface area contributed by atoms with Crippen molar-refractivity contribution in [3.05, 3.63) is 42.5 Å². The molecule has 0 spiro atoms. The van der Waals surface area contributed by atoms with Gasteiger partial charge in [-0.15, -0.1) is 6.58 Å². The van der Waals surface area contributed by atoms with Gasteiger partial charge in [0.1, 0.15) is 5.75 Å². The Morgan fingerprint density at radius 1 is 1.00 bits per heavy atom. The van der Waals surface area contributed by atoms with E-state index in [-0.39, 0.29) is 0 Å². The molecule has 112 valence electrons. The third kappa shape index (κ3) is 7.37. The molecule has 1 aromatic carbocycles. The van der Waals surface area contributed by atoms with Crippen LogP contribution in [-0.2, 0) is 6.42 Å². The summed E-state index contributed by atoms with van der Waals surface area (Å²) >= 11 is 0. The quantitative estimate of drug-likeness (QED) is 0.339. The summed E-state index contributed by atoms with van der Waals surface area (Å²) in [7, 11) is 0. The summed E-state index contributed by atoms with van der Waals surface area (Å²) < 4.78 is 5.80. The van der Waals surface area contributed by atoms with E-state index in [1.807, 2.05) is 6.08 Å². The summed E-state index contributed by atoms with van der Waals surface area (Å²) in [6.45, 7) is 6.73. The Bertz CT molecular complexity index is 357. The van der Waals surface area contributed by atoms with Gasteiger partial charge in [-0.2, -0.15) is 0 Å². The third-order valence-corrected chi connectivity index (χ3v) is 3.54. The maximum atomic E-state index is 5.80. The van der Waals surface area contributed by atoms with Gasteiger partial charge in [0.15, 0.2) is 0 Å². The summed E-state index contributed by atoms with van der Waals surface area (Å²) in [5, 5.41) is 0. The number of aryl methyl sites for hydroxylation is 1. The van der Waals surface area contributed by atoms with E-state index in [0.29, 0.717) is 0 Å². The molecule has 0 fully saturated rings. The van der Waals surface area contributed by atoms with Gasteiger partial charge in [-0.1, -0.05) is 56.9 Å². The molecule has 0 aliphatic rings. The van der Waals surface area contributed by atoms with E-state index >= 15 is 0 Å². The lowest BCUT2D eigenvalue weighted by Crippen LogP contribution is -1.99. The summed E-state index contributed by atoms with van der Waals surface area (Å²) in [4.78, 5) is 0. The molecule has 1 heteroatoms. The average molecular weight is 274 g/mol. The van der Waals surface area contributed by atoms with Gasteiger partial charge >= 0.3 is 0 Å². The van der Waals surface area contributed by atoms with Gasteiger partial charge in [0.05, 0.1) is 6.61 Å². The molecule has 20 heavy (non-hydrogen) atoms. The van der Waals surface area contributed by atoms with Crippen molar-refractivity contribution in [2.24, 2.45) is 0 Å². The van der Waals surface area contributed by atoms with E-state index < -0.39 is 0 Å². The van der Waals surface area contributed by atoms with Crippen molar-refractivity contribution >= 4 is 0 Å². The second-order valence-corrected chi connectivity index (χ2v) is 5.40. The molecule has 0 aliphatic carbocycles. The molecule has 0 aromatic heterocycles. The molecule has 0 heterocycles. The highest BCUT2D eigenvalue weighted by Crippen LogP contribution is 2.21. The molecule has 0 saturated heterocycles. The Morgan fingerprint density at radius 3 is 2.45 bits per heavy atom. The zero-order valence-electron chi connectivity index (χ0n) is 13.1. The second kappa shape index (κ2) is 11.6. The maximum Gasteiger partial charge on any atom is 0.122 e. The van der Waals surface area contributed by atoms with E-state index in [1.54, 1.807) is 0 Å². The highest BCUT2D eigenvalue weighted by molar-refractivity contribution is 5.33. The minimum atomic E-state index is 0.820. The standard InChI is InChI=1S/C19H30O/c1-3-5-6-7-8-9-10-11-14-18-15-12-13-16-19(18)20-17-4-2/h3,12-13,15-16H,1,4-11,14,17H2,2H3. The smallest absolute Gasteiger partial charge is 0.122 e. The summed E-state index contributed by atoms with van der Waals surface area (Å²) in [6, 6.07) is 8.48. The molecule has 0 unspecified atom stereocenters. The van der Waals surface area contributed by atoms with Crippen LogP contribution in [0.1, 0.15) is 63.9 Å². The number of hydrogen-bond donors (Lipinski definition) is 0. The molecule has 1 aromatic rings. The lowest BCUT2D eigenvalue weighted by Gasteiger charge is -2.10. The molecule has 0 bridgehead atoms. The highest BCUT2D eigenvalue weighted by Gasteiger charge is 2.02. The molecular weight excluding hydrogens is 244 g/mol. The molecule has 0 saturated carbocycles. The van der Waals surface area contributed by atoms with Crippen LogP contribution < -0.4 is 4.74 Å². The van der Waals surface area contributed by atoms with Crippen LogP contribution in [0.5, 0.6) is 5.75 Å². The monoisotopic (exact) mass is 274 g/mol. The van der Waals surface area contributed by atoms with Gasteiger partial charge in [-0.05, 0) is 43.7 Å². The van der Waals surface area contributed by atoms with E-state index in [1.165, 1.54) is 50.5 Å². The average Bonchev–Trinajstić information content (AvgIpc) is 2.49. The fraction of sp³-hybridized carbons (Fsp3) is 0.579. The van der Waals surface area contributed by atoms with Gasteiger partial charge in [0.25, 0.3) is 0 Å². The fourth-order valence-electron chi connectivity index (χ4n) is 2.37. The predicted molar refractivity (Wildman–Crippen MR) is 88.4 cm³/mol. The Labute approximate surface area is 125 Å². The Morgan fingerprint density at radius 2 is 1.70 bits per heavy atom. The Hall–Kier alpha value is -1.24. The SMILES string of the molecule is C=CCCCCCCCCc1ccccc1OCCC. The lowest BCUT2D eigenvalue weighted by atomic mass is 10.0. The molecule has 1 nitrogen and oxygen atoms in total. The first-order valence-corrected chi connectivity index (χ1v) is 8.20. The van der Waals surface area contributed by atoms with E-state index in [4.69, 9.17) is 4.74 Å². The number of ether oxygens (including phenoxy) is 1. The zero-order valence-corrected chi connectivity index (χ0v) is 13.1. The number of hydrogen-bond acceptors (Lipinski definition) is 1. The van der Waals surface area contributed by atoms with Gasteiger partial charge in [-0.25, -0.2) is 0 Å². The first-order valence-electron chi connectivity index (χ1n) is 8.20. The van der Waals surface area contributed by atoms with Crippen molar-refractivity contribution in [3.8, 4) is 5.75 Å². The van der Waals surface area contributed by atoms with Crippen molar-refractivity contribution in [3.63, 3.8) is 0 Å². The van der Waals surface area contributed by atoms with E-state index in [9.17, 15) is 0 Å². The molecule has 0 atom stereocenters. The summed E-state index contributed by atoms with van der Waals surface area (Å²) in [5.74, 6) is 1.08. The Balaban J connectivity index is 2.16. The zero-order chi connectivity index (χ0) is 14.5. The fourth-order valence-corrected chi connectivity index (χ4v) is 2.37. The predicted octanol–water partition coefficient (Wildman–Crippen LogP) is 5.93. The van der Waals surface area contributed by atoms with E-state index in [0.717, 1.165) is 25.2 Å². The first-order chi connectivity index (χ1) is 9.88. The van der Waals surface area contributed by atoms with Crippen LogP contribution >= 0.6 is 0 Å². The van der Waals surface area contributed by atoms with Crippen molar-refractivity contribution < 1.29 is 4.74 Å². The van der Waals surface area contributed by atoms with Crippen LogP contribution in [-0.4, -0.2) is 6.61 Å². The normalized spacial score (nSPS) is 10.4. The van der Waals surface area contributed by atoms with Gasteiger partial charge in [0, 0.05) is 0 Å². The molecule has 1 rings (SSSR count). The molecule has 0 aliphatic heterocycles. The van der Waals surface area contributed by atoms with Gasteiger partial charge < -0.3 is 4.74 Å². The van der Waals surface area contributed by atoms with Gasteiger partial charge in [0.2, 0.25) is 0 Å². The number of allylic oxidation sites excluding steroid dienone is 1. The Kier molecular flexibility index (Phi) is 9.73. The minimum absolute atomic E-state index is 0.820. The van der Waals surface area contributed by atoms with Gasteiger partial charge in [-0.3, -0.25) is 0 Å². The molecule has 0 radical (unpaired) electrons. The van der Waals surface area contributed by atoms with Crippen LogP contribution in [0.15, 0.2) is 36.9 Å². The number of unbranched alkanes of at least 4 members (excludes halogenated alkanes) is 6. The van der Waals surface area contributed by atoms with Crippen LogP contribution in [0, 0.1) is 0 Å². The number of para-hydroxylation sites is 1. The second-order valence-electron chi connectivity index (χ2n) is 5.40. The topological polar surface area (TPSA) is 9.23 Å². The minimum Gasteiger partial charge on any atom is -0.493 e. The van der Waals surface area contributed by atoms with E-state index in [2.05, 4.69) is 37.8 Å². The van der Waals surface area contributed by atoms with Crippen molar-refractivity contribution in [2.75, 3.05) is 6.61 Å². The lowest BCUT2D eigenvalue weighted by molar-refractivity contribution is 0.314. The molecule has 0 N–H and O–H groups in total. The summed E-state index contributed by atoms with van der Waals surface area (Å²) in [5.41, 5.74) is 1.37. The number of rotatable bonds is 12. The number of benzene rings is 1. The molecule has 0 amide bonds. The van der Waals surface area contributed by atoms with Crippen LogP contribution in [0.2, 0.25) is 0 Å². The highest BCUT2D eigenvalue weighted by atomic mass is 16.5. The van der Waals surface area contributed by atoms with Crippen LogP contribution in [0.3, 0.4) is 0 Å². The van der Waals surface area contributed by atoms with Crippen molar-refractivity contribution in [1.29, 1.82) is 0 Å². The largest absolute Gasteiger partial charge is 0.493 e. The van der Waals surface area contributed by atoms with Crippen molar-refractivity contribution in [1.82, 2.24) is 0 Å². The molecular formula is C19H30O. The summed E-state index contributed by atoms with van der Waals surface area (Å²) in [6.07, 6.45) is 13.4. The third-order valence-electron chi connectivity index (χ3n) is 3.54.